The summed E-state index contributed by atoms with van der Waals surface area (Å²) in [4.78, 5) is 4.26. The lowest BCUT2D eigenvalue weighted by molar-refractivity contribution is 0.265. The van der Waals surface area contributed by atoms with Gasteiger partial charge in [0.2, 0.25) is 0 Å². The third-order valence-corrected chi connectivity index (χ3v) is 4.59. The molecule has 3 aromatic rings. The highest BCUT2D eigenvalue weighted by Gasteiger charge is 2.10. The molecule has 146 valence electrons. The van der Waals surface area contributed by atoms with Gasteiger partial charge in [0.15, 0.2) is 5.96 Å². The van der Waals surface area contributed by atoms with Gasteiger partial charge in [0.05, 0.1) is 18.5 Å². The van der Waals surface area contributed by atoms with Crippen LogP contribution in [0.25, 0.3) is 5.69 Å². The van der Waals surface area contributed by atoms with Crippen molar-refractivity contribution in [1.82, 2.24) is 20.4 Å². The molecule has 1 unspecified atom stereocenters. The highest BCUT2D eigenvalue weighted by Crippen LogP contribution is 2.13. The van der Waals surface area contributed by atoms with Crippen molar-refractivity contribution in [3.63, 3.8) is 0 Å². The van der Waals surface area contributed by atoms with E-state index in [-0.39, 0.29) is 12.5 Å². The first-order valence-electron chi connectivity index (χ1n) is 9.49. The molecule has 1 aromatic heterocycles. The molecule has 0 aliphatic rings. The number of aliphatic hydroxyl groups is 1. The average molecular weight is 377 g/mol. The predicted octanol–water partition coefficient (Wildman–Crippen LogP) is 2.36. The molecule has 0 saturated carbocycles. The molecule has 6 heteroatoms. The zero-order valence-electron chi connectivity index (χ0n) is 16.1. The Hall–Kier alpha value is -3.12. The molecule has 0 fully saturated rings. The second-order valence-corrected chi connectivity index (χ2v) is 6.55. The number of nitrogens with one attached hydrogen (secondary N) is 2. The summed E-state index contributed by atoms with van der Waals surface area (Å²) in [5.74, 6) is 0.758. The van der Waals surface area contributed by atoms with E-state index in [1.807, 2.05) is 77.7 Å². The third-order valence-electron chi connectivity index (χ3n) is 4.59. The molecule has 0 bridgehead atoms. The lowest BCUT2D eigenvalue weighted by atomic mass is 10.0. The van der Waals surface area contributed by atoms with E-state index in [4.69, 9.17) is 0 Å². The van der Waals surface area contributed by atoms with Gasteiger partial charge in [-0.15, -0.1) is 0 Å². The van der Waals surface area contributed by atoms with E-state index in [1.165, 1.54) is 0 Å². The van der Waals surface area contributed by atoms with Gasteiger partial charge >= 0.3 is 0 Å². The third kappa shape index (κ3) is 5.44. The molecule has 6 nitrogen and oxygen atoms in total. The molecule has 0 saturated heterocycles. The van der Waals surface area contributed by atoms with Crippen molar-refractivity contribution >= 4 is 5.96 Å². The number of nitrogens with zero attached hydrogens (tertiary/aromatic N) is 3. The fourth-order valence-electron chi connectivity index (χ4n) is 2.99. The van der Waals surface area contributed by atoms with E-state index in [9.17, 15) is 5.11 Å². The van der Waals surface area contributed by atoms with Gasteiger partial charge in [0.1, 0.15) is 0 Å². The lowest BCUT2D eigenvalue weighted by Gasteiger charge is -2.18. The summed E-state index contributed by atoms with van der Waals surface area (Å²) in [7, 11) is 1.75. The summed E-state index contributed by atoms with van der Waals surface area (Å²) in [6, 6.07) is 20.1. The number of aliphatic hydroxyl groups excluding tert-OH is 1. The van der Waals surface area contributed by atoms with Gasteiger partial charge in [-0.1, -0.05) is 48.5 Å². The fraction of sp³-hybridized carbons (Fsp3) is 0.273. The summed E-state index contributed by atoms with van der Waals surface area (Å²) < 4.78 is 1.88. The Morgan fingerprint density at radius 3 is 2.46 bits per heavy atom. The minimum atomic E-state index is 0.0313. The maximum Gasteiger partial charge on any atom is 0.191 e. The minimum Gasteiger partial charge on any atom is -0.396 e. The summed E-state index contributed by atoms with van der Waals surface area (Å²) in [5.41, 5.74) is 3.32. The number of guanidine groups is 1. The van der Waals surface area contributed by atoms with Crippen molar-refractivity contribution in [2.24, 2.45) is 4.99 Å². The van der Waals surface area contributed by atoms with Gasteiger partial charge < -0.3 is 15.7 Å². The number of aromatic nitrogens is 2. The van der Waals surface area contributed by atoms with Crippen LogP contribution in [-0.4, -0.2) is 47.6 Å². The Labute approximate surface area is 165 Å². The zero-order valence-corrected chi connectivity index (χ0v) is 16.1. The maximum atomic E-state index is 9.68. The van der Waals surface area contributed by atoms with Crippen LogP contribution in [0.5, 0.6) is 0 Å². The number of hydrogen-bond acceptors (Lipinski definition) is 3. The van der Waals surface area contributed by atoms with Crippen LogP contribution in [-0.2, 0) is 6.42 Å². The average Bonchev–Trinajstić information content (AvgIpc) is 3.23. The fourth-order valence-corrected chi connectivity index (χ4v) is 2.99. The molecule has 1 atom stereocenters. The van der Waals surface area contributed by atoms with Gasteiger partial charge in [-0.2, -0.15) is 5.10 Å². The number of rotatable bonds is 8. The van der Waals surface area contributed by atoms with Crippen LogP contribution >= 0.6 is 0 Å². The molecule has 0 radical (unpaired) electrons. The van der Waals surface area contributed by atoms with E-state index >= 15 is 0 Å². The lowest BCUT2D eigenvalue weighted by Crippen LogP contribution is -2.40. The Morgan fingerprint density at radius 2 is 1.79 bits per heavy atom. The van der Waals surface area contributed by atoms with Gasteiger partial charge in [-0.3, -0.25) is 4.99 Å². The molecule has 2 aromatic carbocycles. The van der Waals surface area contributed by atoms with Gasteiger partial charge in [-0.05, 0) is 29.7 Å². The summed E-state index contributed by atoms with van der Waals surface area (Å²) in [6.45, 7) is 1.45. The summed E-state index contributed by atoms with van der Waals surface area (Å²) in [5, 5.41) is 20.7. The van der Waals surface area contributed by atoms with Gasteiger partial charge in [-0.25, -0.2) is 4.68 Å². The first-order valence-corrected chi connectivity index (χ1v) is 9.49. The van der Waals surface area contributed by atoms with Crippen molar-refractivity contribution in [3.05, 3.63) is 84.2 Å². The molecule has 0 amide bonds. The quantitative estimate of drug-likeness (QED) is 0.416. The van der Waals surface area contributed by atoms with Crippen molar-refractivity contribution in [1.29, 1.82) is 0 Å². The summed E-state index contributed by atoms with van der Waals surface area (Å²) in [6.07, 6.45) is 4.78. The molecular formula is C22H27N5O. The molecule has 28 heavy (non-hydrogen) atoms. The van der Waals surface area contributed by atoms with Crippen LogP contribution in [0.3, 0.4) is 0 Å². The Morgan fingerprint density at radius 1 is 1.07 bits per heavy atom. The van der Waals surface area contributed by atoms with Crippen LogP contribution in [0.2, 0.25) is 0 Å². The van der Waals surface area contributed by atoms with Crippen molar-refractivity contribution in [2.45, 2.75) is 12.3 Å². The van der Waals surface area contributed by atoms with Gasteiger partial charge in [0, 0.05) is 32.3 Å². The normalized spacial score (nSPS) is 12.6. The smallest absolute Gasteiger partial charge is 0.191 e. The highest BCUT2D eigenvalue weighted by molar-refractivity contribution is 5.79. The van der Waals surface area contributed by atoms with Crippen LogP contribution in [0, 0.1) is 0 Å². The first-order chi connectivity index (χ1) is 13.8. The SMILES string of the molecule is CN=C(NCCc1cnn(-c2ccccc2)c1)NCC(CO)c1ccccc1. The molecule has 0 spiro atoms. The van der Waals surface area contributed by atoms with Gasteiger partial charge in [0.25, 0.3) is 0 Å². The van der Waals surface area contributed by atoms with Crippen molar-refractivity contribution in [3.8, 4) is 5.69 Å². The van der Waals surface area contributed by atoms with E-state index in [2.05, 4.69) is 20.7 Å². The number of hydrogen-bond donors (Lipinski definition) is 3. The Kier molecular flexibility index (Phi) is 7.21. The molecular weight excluding hydrogens is 350 g/mol. The van der Waals surface area contributed by atoms with Crippen molar-refractivity contribution < 1.29 is 5.11 Å². The number of para-hydroxylation sites is 1. The molecule has 0 aliphatic heterocycles. The largest absolute Gasteiger partial charge is 0.396 e. The van der Waals surface area contributed by atoms with Crippen LogP contribution < -0.4 is 10.6 Å². The predicted molar refractivity (Wildman–Crippen MR) is 113 cm³/mol. The monoisotopic (exact) mass is 377 g/mol. The summed E-state index contributed by atoms with van der Waals surface area (Å²) >= 11 is 0. The standard InChI is InChI=1S/C22H27N5O/c1-23-22(25-15-20(17-28)19-8-4-2-5-9-19)24-13-12-18-14-26-27(16-18)21-10-6-3-7-11-21/h2-11,14,16,20,28H,12-13,15,17H2,1H3,(H2,23,24,25). The van der Waals surface area contributed by atoms with Crippen LogP contribution in [0.15, 0.2) is 78.0 Å². The Bertz CT molecular complexity index is 861. The second kappa shape index (κ2) is 10.3. The number of benzene rings is 2. The highest BCUT2D eigenvalue weighted by atomic mass is 16.3. The first kappa shape index (κ1) is 19.6. The number of aliphatic imine (C=N–C) groups is 1. The minimum absolute atomic E-state index is 0.0313. The maximum absolute atomic E-state index is 9.68. The second-order valence-electron chi connectivity index (χ2n) is 6.55. The van der Waals surface area contributed by atoms with Crippen LogP contribution in [0.4, 0.5) is 0 Å². The van der Waals surface area contributed by atoms with Crippen LogP contribution in [0.1, 0.15) is 17.0 Å². The van der Waals surface area contributed by atoms with E-state index in [0.717, 1.165) is 35.7 Å². The molecule has 1 heterocycles. The molecule has 3 rings (SSSR count). The van der Waals surface area contributed by atoms with E-state index < -0.39 is 0 Å². The van der Waals surface area contributed by atoms with E-state index in [0.29, 0.717) is 6.54 Å². The zero-order chi connectivity index (χ0) is 19.6. The molecule has 3 N–H and O–H groups in total. The van der Waals surface area contributed by atoms with E-state index in [1.54, 1.807) is 7.05 Å². The Balaban J connectivity index is 1.46. The molecule has 0 aliphatic carbocycles. The van der Waals surface area contributed by atoms with Crippen molar-refractivity contribution in [2.75, 3.05) is 26.7 Å². The topological polar surface area (TPSA) is 74.5 Å².